The molecule has 1 aromatic heterocycles. The highest BCUT2D eigenvalue weighted by atomic mass is 19.1. The third kappa shape index (κ3) is 4.23. The van der Waals surface area contributed by atoms with Crippen LogP contribution in [0.3, 0.4) is 0 Å². The van der Waals surface area contributed by atoms with Gasteiger partial charge in [0.15, 0.2) is 0 Å². The number of halogens is 1. The van der Waals surface area contributed by atoms with E-state index in [-0.39, 0.29) is 17.8 Å². The van der Waals surface area contributed by atoms with Crippen LogP contribution in [0.25, 0.3) is 0 Å². The number of aromatic nitrogens is 2. The highest BCUT2D eigenvalue weighted by Crippen LogP contribution is 2.22. The molecule has 128 valence electrons. The van der Waals surface area contributed by atoms with Crippen LogP contribution in [-0.2, 0) is 6.42 Å². The van der Waals surface area contributed by atoms with Gasteiger partial charge in [0.1, 0.15) is 17.3 Å². The Balaban J connectivity index is 1.83. The third-order valence-electron chi connectivity index (χ3n) is 3.92. The number of carbonyl (C=O) groups is 1. The molecule has 0 bridgehead atoms. The molecule has 0 spiro atoms. The first kappa shape index (κ1) is 16.7. The molecule has 2 aromatic carbocycles. The summed E-state index contributed by atoms with van der Waals surface area (Å²) in [6.07, 6.45) is 2.06. The van der Waals surface area contributed by atoms with Gasteiger partial charge >= 0.3 is 0 Å². The van der Waals surface area contributed by atoms with Crippen molar-refractivity contribution in [3.63, 3.8) is 0 Å². The van der Waals surface area contributed by atoms with Crippen LogP contribution in [0.1, 0.15) is 27.7 Å². The van der Waals surface area contributed by atoms with Crippen LogP contribution in [0.4, 0.5) is 4.39 Å². The first-order valence-electron chi connectivity index (χ1n) is 7.84. The molecule has 6 heteroatoms. The van der Waals surface area contributed by atoms with Gasteiger partial charge in [0.05, 0.1) is 13.2 Å². The SMILES string of the molecule is COc1ccc(C(Cc2ccc(F)cc2)NC(=O)c2ccn[nH]2)cc1. The molecular formula is C19H18FN3O2. The fourth-order valence-electron chi connectivity index (χ4n) is 2.56. The van der Waals surface area contributed by atoms with Gasteiger partial charge in [-0.2, -0.15) is 5.10 Å². The maximum atomic E-state index is 13.1. The number of amides is 1. The van der Waals surface area contributed by atoms with E-state index in [1.54, 1.807) is 25.3 Å². The predicted molar refractivity (Wildman–Crippen MR) is 91.9 cm³/mol. The van der Waals surface area contributed by atoms with E-state index < -0.39 is 0 Å². The number of benzene rings is 2. The number of nitrogens with zero attached hydrogens (tertiary/aromatic N) is 1. The van der Waals surface area contributed by atoms with Gasteiger partial charge in [-0.05, 0) is 47.9 Å². The predicted octanol–water partition coefficient (Wildman–Crippen LogP) is 3.27. The number of methoxy groups -OCH3 is 1. The van der Waals surface area contributed by atoms with Crippen molar-refractivity contribution >= 4 is 5.91 Å². The summed E-state index contributed by atoms with van der Waals surface area (Å²) in [5.74, 6) is 0.204. The Hall–Kier alpha value is -3.15. The molecule has 1 heterocycles. The number of rotatable bonds is 6. The van der Waals surface area contributed by atoms with Crippen molar-refractivity contribution in [3.8, 4) is 5.75 Å². The number of nitrogens with one attached hydrogen (secondary N) is 2. The minimum Gasteiger partial charge on any atom is -0.497 e. The van der Waals surface area contributed by atoms with Crippen LogP contribution in [-0.4, -0.2) is 23.2 Å². The standard InChI is InChI=1S/C19H18FN3O2/c1-25-16-8-4-14(5-9-16)18(12-13-2-6-15(20)7-3-13)22-19(24)17-10-11-21-23-17/h2-11,18H,12H2,1H3,(H,21,23)(H,22,24). The Morgan fingerprint density at radius 1 is 1.16 bits per heavy atom. The van der Waals surface area contributed by atoms with Crippen molar-refractivity contribution in [1.29, 1.82) is 0 Å². The number of aromatic amines is 1. The summed E-state index contributed by atoms with van der Waals surface area (Å²) in [7, 11) is 1.60. The first-order valence-corrected chi connectivity index (χ1v) is 7.84. The third-order valence-corrected chi connectivity index (χ3v) is 3.92. The van der Waals surface area contributed by atoms with E-state index >= 15 is 0 Å². The highest BCUT2D eigenvalue weighted by molar-refractivity contribution is 5.92. The summed E-state index contributed by atoms with van der Waals surface area (Å²) in [6.45, 7) is 0. The molecule has 0 radical (unpaired) electrons. The molecule has 5 nitrogen and oxygen atoms in total. The molecule has 0 saturated heterocycles. The fraction of sp³-hybridized carbons (Fsp3) is 0.158. The zero-order chi connectivity index (χ0) is 17.6. The lowest BCUT2D eigenvalue weighted by Crippen LogP contribution is -2.30. The van der Waals surface area contributed by atoms with Crippen LogP contribution in [0.5, 0.6) is 5.75 Å². The molecule has 0 fully saturated rings. The Bertz CT molecular complexity index is 815. The molecule has 1 unspecified atom stereocenters. The molecule has 2 N–H and O–H groups in total. The van der Waals surface area contributed by atoms with Crippen molar-refractivity contribution in [2.75, 3.05) is 7.11 Å². The first-order chi connectivity index (χ1) is 12.2. The lowest BCUT2D eigenvalue weighted by atomic mass is 9.98. The minimum atomic E-state index is -0.286. The Kier molecular flexibility index (Phi) is 5.09. The molecule has 0 aliphatic heterocycles. The summed E-state index contributed by atoms with van der Waals surface area (Å²) in [5, 5.41) is 9.44. The molecule has 0 aliphatic carbocycles. The second-order valence-electron chi connectivity index (χ2n) is 5.60. The summed E-state index contributed by atoms with van der Waals surface area (Å²) in [5.41, 5.74) is 2.24. The maximum absolute atomic E-state index is 13.1. The monoisotopic (exact) mass is 339 g/mol. The van der Waals surface area contributed by atoms with E-state index in [1.807, 2.05) is 24.3 Å². The molecule has 1 atom stereocenters. The number of carbonyl (C=O) groups excluding carboxylic acids is 1. The average Bonchev–Trinajstić information content (AvgIpc) is 3.18. The van der Waals surface area contributed by atoms with Gasteiger partial charge in [-0.3, -0.25) is 9.89 Å². The van der Waals surface area contributed by atoms with E-state index in [0.29, 0.717) is 12.1 Å². The molecule has 0 aliphatic rings. The molecule has 0 saturated carbocycles. The largest absolute Gasteiger partial charge is 0.497 e. The zero-order valence-electron chi connectivity index (χ0n) is 13.7. The fourth-order valence-corrected chi connectivity index (χ4v) is 2.56. The lowest BCUT2D eigenvalue weighted by Gasteiger charge is -2.19. The van der Waals surface area contributed by atoms with Gasteiger partial charge in [0.2, 0.25) is 0 Å². The van der Waals surface area contributed by atoms with Crippen molar-refractivity contribution in [1.82, 2.24) is 15.5 Å². The smallest absolute Gasteiger partial charge is 0.269 e. The van der Waals surface area contributed by atoms with Crippen molar-refractivity contribution < 1.29 is 13.9 Å². The van der Waals surface area contributed by atoms with Gasteiger partial charge in [-0.1, -0.05) is 24.3 Å². The van der Waals surface area contributed by atoms with E-state index in [9.17, 15) is 9.18 Å². The maximum Gasteiger partial charge on any atom is 0.269 e. The number of ether oxygens (including phenoxy) is 1. The topological polar surface area (TPSA) is 67.0 Å². The van der Waals surface area contributed by atoms with E-state index in [4.69, 9.17) is 4.74 Å². The van der Waals surface area contributed by atoms with Crippen LogP contribution < -0.4 is 10.1 Å². The van der Waals surface area contributed by atoms with Crippen LogP contribution >= 0.6 is 0 Å². The second kappa shape index (κ2) is 7.61. The Morgan fingerprint density at radius 2 is 1.88 bits per heavy atom. The highest BCUT2D eigenvalue weighted by Gasteiger charge is 2.17. The normalized spacial score (nSPS) is 11.8. The summed E-state index contributed by atoms with van der Waals surface area (Å²) < 4.78 is 18.3. The molecular weight excluding hydrogens is 321 g/mol. The minimum absolute atomic E-state index is 0.250. The summed E-state index contributed by atoms with van der Waals surface area (Å²) in [4.78, 5) is 12.4. The molecule has 25 heavy (non-hydrogen) atoms. The van der Waals surface area contributed by atoms with E-state index in [2.05, 4.69) is 15.5 Å². The zero-order valence-corrected chi connectivity index (χ0v) is 13.7. The Labute approximate surface area is 144 Å². The number of hydrogen-bond acceptors (Lipinski definition) is 3. The Morgan fingerprint density at radius 3 is 2.48 bits per heavy atom. The van der Waals surface area contributed by atoms with Gasteiger partial charge in [-0.25, -0.2) is 4.39 Å². The summed E-state index contributed by atoms with van der Waals surface area (Å²) in [6, 6.07) is 15.1. The van der Waals surface area contributed by atoms with Crippen molar-refractivity contribution in [2.24, 2.45) is 0 Å². The van der Waals surface area contributed by atoms with Crippen molar-refractivity contribution in [3.05, 3.63) is 83.4 Å². The molecule has 1 amide bonds. The average molecular weight is 339 g/mol. The molecule has 3 rings (SSSR count). The van der Waals surface area contributed by atoms with Crippen LogP contribution in [0.15, 0.2) is 60.8 Å². The van der Waals surface area contributed by atoms with E-state index in [1.165, 1.54) is 18.3 Å². The van der Waals surface area contributed by atoms with Crippen molar-refractivity contribution in [2.45, 2.75) is 12.5 Å². The molecule has 3 aromatic rings. The quantitative estimate of drug-likeness (QED) is 0.724. The number of H-pyrrole nitrogens is 1. The number of hydrogen-bond donors (Lipinski definition) is 2. The van der Waals surface area contributed by atoms with E-state index in [0.717, 1.165) is 16.9 Å². The lowest BCUT2D eigenvalue weighted by molar-refractivity contribution is 0.0931. The van der Waals surface area contributed by atoms with Gasteiger partial charge in [0.25, 0.3) is 5.91 Å². The summed E-state index contributed by atoms with van der Waals surface area (Å²) >= 11 is 0. The van der Waals surface area contributed by atoms with Crippen LogP contribution in [0, 0.1) is 5.82 Å². The van der Waals surface area contributed by atoms with Gasteiger partial charge in [0, 0.05) is 6.20 Å². The van der Waals surface area contributed by atoms with Crippen LogP contribution in [0.2, 0.25) is 0 Å². The van der Waals surface area contributed by atoms with Gasteiger partial charge < -0.3 is 10.1 Å². The van der Waals surface area contributed by atoms with Gasteiger partial charge in [-0.15, -0.1) is 0 Å². The second-order valence-corrected chi connectivity index (χ2v) is 5.60.